The van der Waals surface area contributed by atoms with Crippen LogP contribution in [-0.4, -0.2) is 76.6 Å². The number of hydrogen-bond donors (Lipinski definition) is 2. The highest BCUT2D eigenvalue weighted by atomic mass is 19.1. The summed E-state index contributed by atoms with van der Waals surface area (Å²) in [6, 6.07) is 18.6. The normalized spacial score (nSPS) is 18.5. The van der Waals surface area contributed by atoms with Crippen molar-refractivity contribution >= 4 is 23.3 Å². The van der Waals surface area contributed by atoms with E-state index in [9.17, 15) is 18.4 Å². The molecule has 2 aliphatic rings. The molecule has 7 rings (SSSR count). The highest BCUT2D eigenvalue weighted by Crippen LogP contribution is 2.34. The second-order valence-electron chi connectivity index (χ2n) is 12.0. The molecular formula is C36H35F2N7O3. The molecule has 12 heteroatoms. The quantitative estimate of drug-likeness (QED) is 0.276. The summed E-state index contributed by atoms with van der Waals surface area (Å²) in [6.07, 6.45) is 6.11. The number of anilines is 1. The minimum Gasteiger partial charge on any atom is -0.488 e. The van der Waals surface area contributed by atoms with E-state index in [0.717, 1.165) is 22.8 Å². The molecule has 0 radical (unpaired) electrons. The Morgan fingerprint density at radius 1 is 1.02 bits per heavy atom. The van der Waals surface area contributed by atoms with E-state index in [2.05, 4.69) is 32.7 Å². The van der Waals surface area contributed by atoms with Gasteiger partial charge in [-0.25, -0.2) is 23.5 Å². The van der Waals surface area contributed by atoms with Gasteiger partial charge in [0.05, 0.1) is 18.3 Å². The number of carbonyl (C=O) groups is 2. The van der Waals surface area contributed by atoms with Gasteiger partial charge in [0.15, 0.2) is 5.82 Å². The zero-order valence-electron chi connectivity index (χ0n) is 26.4. The fourth-order valence-electron chi connectivity index (χ4n) is 6.65. The Kier molecular flexibility index (Phi) is 8.62. The summed E-state index contributed by atoms with van der Waals surface area (Å²) in [5.74, 6) is -0.136. The number of aromatic nitrogens is 3. The van der Waals surface area contributed by atoms with Crippen LogP contribution in [0.4, 0.5) is 19.4 Å². The molecule has 2 N–H and O–H groups in total. The van der Waals surface area contributed by atoms with Crippen molar-refractivity contribution in [2.45, 2.75) is 31.4 Å². The maximum atomic E-state index is 14.8. The monoisotopic (exact) mass is 651 g/mol. The Labute approximate surface area is 276 Å². The molecule has 3 amide bonds. The van der Waals surface area contributed by atoms with Crippen molar-refractivity contribution in [1.29, 1.82) is 0 Å². The number of imidazole rings is 1. The third-order valence-electron chi connectivity index (χ3n) is 8.97. The Balaban J connectivity index is 1.24. The van der Waals surface area contributed by atoms with Crippen molar-refractivity contribution in [2.24, 2.45) is 0 Å². The van der Waals surface area contributed by atoms with Gasteiger partial charge in [-0.2, -0.15) is 0 Å². The first-order valence-electron chi connectivity index (χ1n) is 16.0. The molecule has 1 fully saturated rings. The zero-order valence-corrected chi connectivity index (χ0v) is 26.4. The minimum atomic E-state index is -0.729. The summed E-state index contributed by atoms with van der Waals surface area (Å²) in [5, 5.41) is 5.80. The summed E-state index contributed by atoms with van der Waals surface area (Å²) in [7, 11) is 1.62. The maximum absolute atomic E-state index is 14.8. The van der Waals surface area contributed by atoms with Crippen molar-refractivity contribution < 1.29 is 23.1 Å². The molecule has 2 aromatic heterocycles. The molecule has 3 aromatic carbocycles. The molecule has 2 atom stereocenters. The van der Waals surface area contributed by atoms with Crippen molar-refractivity contribution in [3.63, 3.8) is 0 Å². The number of carbonyl (C=O) groups excluding carboxylic acids is 2. The standard InChI is InChI=1S/C36H35F2N7O3/c1-39-36(47)43-15-5-13-41-35(46)31-20-27(48-26-8-4-7-24(18-26)28-9-3-2-6-23(28)12-16-43)22-45(31)34-32-21-42-33(44(32)17-14-40-34)29-11-10-25(37)19-30(29)38/h2-4,6-11,14,17-19,21,27,31H,5,12-13,15-16,20,22H2,1H3,(H,39,47)(H,41,46)/t27-,31-/m0/s1. The van der Waals surface area contributed by atoms with E-state index in [0.29, 0.717) is 68.3 Å². The maximum Gasteiger partial charge on any atom is 0.317 e. The van der Waals surface area contributed by atoms with E-state index in [4.69, 9.17) is 4.74 Å². The van der Waals surface area contributed by atoms with Crippen LogP contribution in [0, 0.1) is 11.6 Å². The van der Waals surface area contributed by atoms with Crippen LogP contribution in [0.15, 0.2) is 85.3 Å². The fraction of sp³-hybridized carbons (Fsp3) is 0.278. The molecule has 4 heterocycles. The molecule has 4 bridgehead atoms. The molecule has 10 nitrogen and oxygen atoms in total. The Morgan fingerprint density at radius 2 is 1.90 bits per heavy atom. The van der Waals surface area contributed by atoms with Gasteiger partial charge in [0, 0.05) is 51.6 Å². The highest BCUT2D eigenvalue weighted by molar-refractivity contribution is 5.88. The van der Waals surface area contributed by atoms with Gasteiger partial charge < -0.3 is 25.2 Å². The number of urea groups is 1. The molecule has 1 saturated heterocycles. The number of hydrogen-bond acceptors (Lipinski definition) is 6. The number of ether oxygens (including phenoxy) is 1. The number of nitrogens with zero attached hydrogens (tertiary/aromatic N) is 5. The van der Waals surface area contributed by atoms with E-state index < -0.39 is 17.7 Å². The number of halogens is 2. The lowest BCUT2D eigenvalue weighted by Crippen LogP contribution is -2.45. The van der Waals surface area contributed by atoms with Gasteiger partial charge in [-0.15, -0.1) is 0 Å². The van der Waals surface area contributed by atoms with Gasteiger partial charge in [-0.1, -0.05) is 36.4 Å². The molecule has 246 valence electrons. The van der Waals surface area contributed by atoms with Gasteiger partial charge in [0.25, 0.3) is 0 Å². The molecule has 5 aromatic rings. The van der Waals surface area contributed by atoms with Gasteiger partial charge in [0.2, 0.25) is 5.91 Å². The SMILES string of the molecule is CNC(=O)N1CCCNC(=O)[C@@H]2C[C@@H](CN2c2nccn3c(-c4ccc(F)cc4F)ncc23)Oc2cccc(c2)-c2ccccc2CC1. The molecule has 2 aliphatic heterocycles. The number of rotatable bonds is 2. The van der Waals surface area contributed by atoms with E-state index in [1.54, 1.807) is 34.9 Å². The fourth-order valence-corrected chi connectivity index (χ4v) is 6.65. The Bertz CT molecular complexity index is 1980. The zero-order chi connectivity index (χ0) is 33.2. The summed E-state index contributed by atoms with van der Waals surface area (Å²) in [6.45, 7) is 1.72. The lowest BCUT2D eigenvalue weighted by Gasteiger charge is -2.26. The van der Waals surface area contributed by atoms with Crippen LogP contribution in [0.25, 0.3) is 28.0 Å². The predicted molar refractivity (Wildman–Crippen MR) is 178 cm³/mol. The summed E-state index contributed by atoms with van der Waals surface area (Å²) in [5.41, 5.74) is 3.89. The largest absolute Gasteiger partial charge is 0.488 e. The van der Waals surface area contributed by atoms with Crippen LogP contribution in [0.1, 0.15) is 18.4 Å². The van der Waals surface area contributed by atoms with Gasteiger partial charge in [-0.3, -0.25) is 9.20 Å². The minimum absolute atomic E-state index is 0.144. The van der Waals surface area contributed by atoms with Crippen molar-refractivity contribution in [3.05, 3.63) is 103 Å². The van der Waals surface area contributed by atoms with Crippen molar-refractivity contribution in [3.8, 4) is 28.3 Å². The average molecular weight is 652 g/mol. The second-order valence-corrected chi connectivity index (χ2v) is 12.0. The van der Waals surface area contributed by atoms with Gasteiger partial charge in [-0.05, 0) is 53.8 Å². The second kappa shape index (κ2) is 13.3. The first-order valence-corrected chi connectivity index (χ1v) is 16.0. The number of fused-ring (bicyclic) bond motifs is 7. The number of nitrogens with one attached hydrogen (secondary N) is 2. The van der Waals surface area contributed by atoms with E-state index in [1.165, 1.54) is 12.1 Å². The summed E-state index contributed by atoms with van der Waals surface area (Å²) < 4.78 is 36.7. The smallest absolute Gasteiger partial charge is 0.317 e. The van der Waals surface area contributed by atoms with Crippen LogP contribution in [-0.2, 0) is 11.2 Å². The van der Waals surface area contributed by atoms with Crippen LogP contribution in [0.5, 0.6) is 5.75 Å². The van der Waals surface area contributed by atoms with Crippen LogP contribution < -0.4 is 20.3 Å². The Morgan fingerprint density at radius 3 is 2.75 bits per heavy atom. The van der Waals surface area contributed by atoms with Gasteiger partial charge >= 0.3 is 6.03 Å². The first kappa shape index (κ1) is 31.1. The lowest BCUT2D eigenvalue weighted by atomic mass is 9.97. The first-order chi connectivity index (χ1) is 23.4. The molecule has 0 aliphatic carbocycles. The van der Waals surface area contributed by atoms with Crippen LogP contribution in [0.3, 0.4) is 0 Å². The third kappa shape index (κ3) is 6.13. The van der Waals surface area contributed by atoms with Crippen LogP contribution >= 0.6 is 0 Å². The van der Waals surface area contributed by atoms with Gasteiger partial charge in [0.1, 0.15) is 40.9 Å². The summed E-state index contributed by atoms with van der Waals surface area (Å²) in [4.78, 5) is 39.3. The highest BCUT2D eigenvalue weighted by Gasteiger charge is 2.40. The van der Waals surface area contributed by atoms with Crippen LogP contribution in [0.2, 0.25) is 0 Å². The molecule has 0 saturated carbocycles. The number of benzene rings is 3. The Hall–Kier alpha value is -5.52. The third-order valence-corrected chi connectivity index (χ3v) is 8.97. The van der Waals surface area contributed by atoms with E-state index in [-0.39, 0.29) is 23.6 Å². The molecule has 0 spiro atoms. The summed E-state index contributed by atoms with van der Waals surface area (Å²) >= 11 is 0. The van der Waals surface area contributed by atoms with Crippen molar-refractivity contribution in [2.75, 3.05) is 38.1 Å². The molecular weight excluding hydrogens is 616 g/mol. The van der Waals surface area contributed by atoms with E-state index >= 15 is 0 Å². The topological polar surface area (TPSA) is 104 Å². The molecule has 0 unspecified atom stereocenters. The molecule has 48 heavy (non-hydrogen) atoms. The number of amides is 3. The average Bonchev–Trinajstić information content (AvgIpc) is 3.72. The predicted octanol–water partition coefficient (Wildman–Crippen LogP) is 5.07. The van der Waals surface area contributed by atoms with Crippen molar-refractivity contribution in [1.82, 2.24) is 29.9 Å². The van der Waals surface area contributed by atoms with E-state index in [1.807, 2.05) is 41.3 Å². The lowest BCUT2D eigenvalue weighted by molar-refractivity contribution is -0.122.